The lowest BCUT2D eigenvalue weighted by molar-refractivity contribution is 0.0500. The fourth-order valence-corrected chi connectivity index (χ4v) is 4.16. The first-order valence-electron chi connectivity index (χ1n) is 5.66. The van der Waals surface area contributed by atoms with Gasteiger partial charge in [0.15, 0.2) is 0 Å². The molecule has 1 N–H and O–H groups in total. The third-order valence-electron chi connectivity index (χ3n) is 3.88. The predicted molar refractivity (Wildman–Crippen MR) is 60.5 cm³/mol. The van der Waals surface area contributed by atoms with Gasteiger partial charge < -0.3 is 5.11 Å². The van der Waals surface area contributed by atoms with Crippen molar-refractivity contribution in [1.29, 1.82) is 0 Å². The zero-order valence-electron chi connectivity index (χ0n) is 8.93. The molecule has 2 aliphatic rings. The van der Waals surface area contributed by atoms with Crippen molar-refractivity contribution in [1.82, 2.24) is 9.88 Å². The Hall–Kier alpha value is -1.10. The van der Waals surface area contributed by atoms with E-state index in [9.17, 15) is 9.90 Å². The number of thiazole rings is 1. The molecule has 16 heavy (non-hydrogen) atoms. The average molecular weight is 238 g/mol. The highest BCUT2D eigenvalue weighted by molar-refractivity contribution is 7.09. The molecule has 4 nitrogen and oxygen atoms in total. The van der Waals surface area contributed by atoms with Gasteiger partial charge in [-0.05, 0) is 32.1 Å². The van der Waals surface area contributed by atoms with Gasteiger partial charge in [0.25, 0.3) is 0 Å². The summed E-state index contributed by atoms with van der Waals surface area (Å²) in [7, 11) is 0. The summed E-state index contributed by atoms with van der Waals surface area (Å²) in [5.41, 5.74) is -0.303. The van der Waals surface area contributed by atoms with Crippen molar-refractivity contribution in [3.05, 3.63) is 16.6 Å². The first-order chi connectivity index (χ1) is 7.74. The number of hydrogen-bond acceptors (Lipinski definition) is 3. The van der Waals surface area contributed by atoms with Gasteiger partial charge >= 0.3 is 6.09 Å². The van der Waals surface area contributed by atoms with Crippen molar-refractivity contribution in [3.63, 3.8) is 0 Å². The van der Waals surface area contributed by atoms with Crippen molar-refractivity contribution in [2.75, 3.05) is 0 Å². The summed E-state index contributed by atoms with van der Waals surface area (Å²) in [6.07, 6.45) is 5.99. The van der Waals surface area contributed by atoms with Gasteiger partial charge in [0.05, 0.1) is 5.54 Å². The Labute approximate surface area is 97.9 Å². The SMILES string of the molecule is O=C(O)N1C2CCCC1(c1nccs1)CC2. The van der Waals surface area contributed by atoms with Gasteiger partial charge in [-0.15, -0.1) is 11.3 Å². The minimum atomic E-state index is -0.780. The lowest BCUT2D eigenvalue weighted by atomic mass is 9.89. The molecule has 5 heteroatoms. The molecule has 2 bridgehead atoms. The minimum absolute atomic E-state index is 0.218. The van der Waals surface area contributed by atoms with E-state index < -0.39 is 6.09 Å². The normalized spacial score (nSPS) is 33.0. The molecule has 3 rings (SSSR count). The molecule has 2 atom stereocenters. The van der Waals surface area contributed by atoms with Crippen molar-refractivity contribution < 1.29 is 9.90 Å². The van der Waals surface area contributed by atoms with Gasteiger partial charge in [-0.25, -0.2) is 9.78 Å². The molecule has 1 amide bonds. The van der Waals surface area contributed by atoms with Gasteiger partial charge in [0.2, 0.25) is 0 Å². The molecule has 2 unspecified atom stereocenters. The van der Waals surface area contributed by atoms with E-state index in [1.54, 1.807) is 22.4 Å². The van der Waals surface area contributed by atoms with E-state index in [-0.39, 0.29) is 11.6 Å². The molecule has 0 saturated carbocycles. The first kappa shape index (κ1) is 10.1. The number of nitrogens with zero attached hydrogens (tertiary/aromatic N) is 2. The maximum atomic E-state index is 11.4. The van der Waals surface area contributed by atoms with Crippen molar-refractivity contribution in [2.45, 2.75) is 43.7 Å². The molecule has 1 aromatic heterocycles. The lowest BCUT2D eigenvalue weighted by Crippen LogP contribution is -2.50. The zero-order chi connectivity index (χ0) is 11.2. The van der Waals surface area contributed by atoms with Crippen LogP contribution in [-0.2, 0) is 5.54 Å². The molecular formula is C11H14N2O2S. The Balaban J connectivity index is 2.06. The lowest BCUT2D eigenvalue weighted by Gasteiger charge is -2.41. The largest absolute Gasteiger partial charge is 0.465 e. The zero-order valence-corrected chi connectivity index (χ0v) is 9.74. The van der Waals surface area contributed by atoms with Crippen LogP contribution < -0.4 is 0 Å². The Morgan fingerprint density at radius 1 is 1.56 bits per heavy atom. The highest BCUT2D eigenvalue weighted by Gasteiger charge is 2.53. The fourth-order valence-electron chi connectivity index (χ4n) is 3.26. The molecular weight excluding hydrogens is 224 g/mol. The van der Waals surface area contributed by atoms with Crippen LogP contribution >= 0.6 is 11.3 Å². The standard InChI is InChI=1S/C11H14N2O2S/c14-10(15)13-8-2-1-4-11(13,5-3-8)9-12-6-7-16-9/h6-8H,1-5H2,(H,14,15). The minimum Gasteiger partial charge on any atom is -0.465 e. The van der Waals surface area contributed by atoms with Gasteiger partial charge in [-0.1, -0.05) is 0 Å². The summed E-state index contributed by atoms with van der Waals surface area (Å²) in [5, 5.41) is 12.3. The molecule has 0 aromatic carbocycles. The number of hydrogen-bond donors (Lipinski definition) is 1. The summed E-state index contributed by atoms with van der Waals surface area (Å²) in [6, 6.07) is 0.218. The highest BCUT2D eigenvalue weighted by atomic mass is 32.1. The second-order valence-corrected chi connectivity index (χ2v) is 5.50. The molecule has 2 saturated heterocycles. The average Bonchev–Trinajstić information content (AvgIpc) is 2.85. The maximum absolute atomic E-state index is 11.4. The molecule has 0 radical (unpaired) electrons. The van der Waals surface area contributed by atoms with Crippen LogP contribution in [0.5, 0.6) is 0 Å². The second-order valence-electron chi connectivity index (χ2n) is 4.61. The topological polar surface area (TPSA) is 53.4 Å². The van der Waals surface area contributed by atoms with E-state index in [0.29, 0.717) is 0 Å². The monoisotopic (exact) mass is 238 g/mol. The maximum Gasteiger partial charge on any atom is 0.408 e. The third kappa shape index (κ3) is 1.21. The van der Waals surface area contributed by atoms with Crippen LogP contribution in [0.4, 0.5) is 4.79 Å². The molecule has 86 valence electrons. The molecule has 0 aliphatic carbocycles. The number of aromatic nitrogens is 1. The van der Waals surface area contributed by atoms with Crippen LogP contribution in [0, 0.1) is 0 Å². The molecule has 2 aliphatic heterocycles. The number of carboxylic acid groups (broad SMARTS) is 1. The number of fused-ring (bicyclic) bond motifs is 2. The Morgan fingerprint density at radius 3 is 3.12 bits per heavy atom. The smallest absolute Gasteiger partial charge is 0.408 e. The molecule has 0 spiro atoms. The summed E-state index contributed by atoms with van der Waals surface area (Å²) in [4.78, 5) is 17.5. The first-order valence-corrected chi connectivity index (χ1v) is 6.54. The quantitative estimate of drug-likeness (QED) is 0.818. The van der Waals surface area contributed by atoms with E-state index >= 15 is 0 Å². The summed E-state index contributed by atoms with van der Waals surface area (Å²) in [6.45, 7) is 0. The highest BCUT2D eigenvalue weighted by Crippen LogP contribution is 2.50. The van der Waals surface area contributed by atoms with Crippen molar-refractivity contribution >= 4 is 17.4 Å². The number of piperidine rings is 1. The van der Waals surface area contributed by atoms with Crippen LogP contribution in [0.2, 0.25) is 0 Å². The van der Waals surface area contributed by atoms with Gasteiger partial charge in [-0.3, -0.25) is 4.90 Å². The predicted octanol–water partition coefficient (Wildman–Crippen LogP) is 2.66. The van der Waals surface area contributed by atoms with Crippen LogP contribution in [0.25, 0.3) is 0 Å². The van der Waals surface area contributed by atoms with Gasteiger partial charge in [-0.2, -0.15) is 0 Å². The molecule has 3 heterocycles. The van der Waals surface area contributed by atoms with Crippen LogP contribution in [0.15, 0.2) is 11.6 Å². The summed E-state index contributed by atoms with van der Waals surface area (Å²) < 4.78 is 0. The molecule has 2 fully saturated rings. The van der Waals surface area contributed by atoms with E-state index in [2.05, 4.69) is 4.98 Å². The summed E-state index contributed by atoms with van der Waals surface area (Å²) >= 11 is 1.58. The third-order valence-corrected chi connectivity index (χ3v) is 4.85. The van der Waals surface area contributed by atoms with Gasteiger partial charge in [0, 0.05) is 17.6 Å². The van der Waals surface area contributed by atoms with Crippen LogP contribution in [0.1, 0.15) is 37.1 Å². The number of rotatable bonds is 1. The Morgan fingerprint density at radius 2 is 2.44 bits per heavy atom. The van der Waals surface area contributed by atoms with E-state index in [1.807, 2.05) is 5.38 Å². The van der Waals surface area contributed by atoms with Crippen LogP contribution in [0.3, 0.4) is 0 Å². The molecule has 1 aromatic rings. The van der Waals surface area contributed by atoms with Crippen LogP contribution in [-0.4, -0.2) is 27.1 Å². The number of carbonyl (C=O) groups is 1. The summed E-state index contributed by atoms with van der Waals surface area (Å²) in [5.74, 6) is 0. The van der Waals surface area contributed by atoms with E-state index in [4.69, 9.17) is 0 Å². The fraction of sp³-hybridized carbons (Fsp3) is 0.636. The van der Waals surface area contributed by atoms with E-state index in [1.165, 1.54) is 0 Å². The number of amides is 1. The van der Waals surface area contributed by atoms with E-state index in [0.717, 1.165) is 37.1 Å². The van der Waals surface area contributed by atoms with Crippen molar-refractivity contribution in [3.8, 4) is 0 Å². The second kappa shape index (κ2) is 3.45. The van der Waals surface area contributed by atoms with Crippen molar-refractivity contribution in [2.24, 2.45) is 0 Å². The van der Waals surface area contributed by atoms with Gasteiger partial charge in [0.1, 0.15) is 5.01 Å². The Kier molecular flexibility index (Phi) is 2.17. The Bertz CT molecular complexity index is 402.